The van der Waals surface area contributed by atoms with Crippen molar-refractivity contribution in [3.05, 3.63) is 54.0 Å². The second-order valence-corrected chi connectivity index (χ2v) is 6.16. The summed E-state index contributed by atoms with van der Waals surface area (Å²) in [6.07, 6.45) is 3.34. The molecule has 2 heterocycles. The molecule has 0 spiro atoms. The molecule has 1 fully saturated rings. The van der Waals surface area contributed by atoms with Gasteiger partial charge in [0.25, 0.3) is 11.8 Å². The first-order valence-electron chi connectivity index (χ1n) is 8.65. The van der Waals surface area contributed by atoms with Gasteiger partial charge in [0.05, 0.1) is 6.26 Å². The first kappa shape index (κ1) is 17.2. The predicted molar refractivity (Wildman–Crippen MR) is 95.7 cm³/mol. The quantitative estimate of drug-likeness (QED) is 0.847. The van der Waals surface area contributed by atoms with Gasteiger partial charge in [-0.05, 0) is 49.7 Å². The lowest BCUT2D eigenvalue weighted by Crippen LogP contribution is -2.42. The number of furan rings is 1. The number of hydrogen-bond acceptors (Lipinski definition) is 4. The fourth-order valence-corrected chi connectivity index (χ4v) is 3.09. The molecule has 0 aliphatic carbocycles. The number of carbonyl (C=O) groups excluding carboxylic acids is 2. The molecule has 6 nitrogen and oxygen atoms in total. The highest BCUT2D eigenvalue weighted by atomic mass is 16.3. The summed E-state index contributed by atoms with van der Waals surface area (Å²) in [5, 5.41) is 6.07. The number of hydrogen-bond donors (Lipinski definition) is 2. The molecule has 25 heavy (non-hydrogen) atoms. The Kier molecular flexibility index (Phi) is 5.50. The van der Waals surface area contributed by atoms with E-state index in [2.05, 4.69) is 17.6 Å². The number of carbonyl (C=O) groups is 2. The molecule has 1 saturated heterocycles. The summed E-state index contributed by atoms with van der Waals surface area (Å²) >= 11 is 0. The molecule has 3 rings (SSSR count). The monoisotopic (exact) mass is 341 g/mol. The third kappa shape index (κ3) is 4.09. The molecular formula is C19H23N3O3. The fraction of sp³-hybridized carbons (Fsp3) is 0.368. The Morgan fingerprint density at radius 2 is 2.20 bits per heavy atom. The van der Waals surface area contributed by atoms with E-state index in [1.165, 1.54) is 6.26 Å². The molecule has 6 heteroatoms. The lowest BCUT2D eigenvalue weighted by Gasteiger charge is -2.28. The van der Waals surface area contributed by atoms with E-state index in [4.69, 9.17) is 4.42 Å². The summed E-state index contributed by atoms with van der Waals surface area (Å²) in [5.74, 6) is -0.0916. The van der Waals surface area contributed by atoms with Gasteiger partial charge in [-0.2, -0.15) is 0 Å². The minimum Gasteiger partial charge on any atom is -0.459 e. The number of amides is 2. The van der Waals surface area contributed by atoms with Crippen molar-refractivity contribution in [2.75, 3.05) is 25.0 Å². The second kappa shape index (κ2) is 7.98. The lowest BCUT2D eigenvalue weighted by molar-refractivity contribution is 0.0692. The van der Waals surface area contributed by atoms with Crippen LogP contribution in [0.25, 0.3) is 0 Å². The molecule has 1 atom stereocenters. The van der Waals surface area contributed by atoms with Crippen LogP contribution in [0, 0.1) is 0 Å². The topological polar surface area (TPSA) is 74.6 Å². The summed E-state index contributed by atoms with van der Waals surface area (Å²) in [6.45, 7) is 4.58. The minimum absolute atomic E-state index is 0.00430. The van der Waals surface area contributed by atoms with Crippen molar-refractivity contribution < 1.29 is 14.0 Å². The molecule has 2 amide bonds. The Balaban J connectivity index is 1.75. The summed E-state index contributed by atoms with van der Waals surface area (Å²) in [4.78, 5) is 27.0. The number of nitrogens with zero attached hydrogens (tertiary/aromatic N) is 1. The van der Waals surface area contributed by atoms with Crippen LogP contribution in [-0.4, -0.2) is 42.4 Å². The highest BCUT2D eigenvalue weighted by Gasteiger charge is 2.26. The molecule has 2 N–H and O–H groups in total. The van der Waals surface area contributed by atoms with Gasteiger partial charge in [-0.15, -0.1) is 0 Å². The van der Waals surface area contributed by atoms with Crippen molar-refractivity contribution >= 4 is 17.5 Å². The van der Waals surface area contributed by atoms with Crippen LogP contribution in [0.4, 0.5) is 5.69 Å². The number of nitrogens with one attached hydrogen (secondary N) is 2. The maximum atomic E-state index is 13.0. The van der Waals surface area contributed by atoms with Crippen LogP contribution < -0.4 is 10.6 Å². The van der Waals surface area contributed by atoms with E-state index >= 15 is 0 Å². The zero-order chi connectivity index (χ0) is 17.6. The van der Waals surface area contributed by atoms with E-state index in [1.807, 2.05) is 4.90 Å². The maximum Gasteiger partial charge on any atom is 0.291 e. The van der Waals surface area contributed by atoms with E-state index in [1.54, 1.807) is 36.4 Å². The van der Waals surface area contributed by atoms with Gasteiger partial charge >= 0.3 is 0 Å². The minimum atomic E-state index is -0.333. The van der Waals surface area contributed by atoms with Crippen LogP contribution in [0.3, 0.4) is 0 Å². The molecule has 1 aliphatic heterocycles. The van der Waals surface area contributed by atoms with Crippen LogP contribution in [0.1, 0.15) is 40.7 Å². The Morgan fingerprint density at radius 1 is 1.32 bits per heavy atom. The Labute approximate surface area is 147 Å². The molecule has 2 aromatic rings. The van der Waals surface area contributed by atoms with Crippen molar-refractivity contribution in [1.82, 2.24) is 10.2 Å². The van der Waals surface area contributed by atoms with E-state index < -0.39 is 0 Å². The van der Waals surface area contributed by atoms with Gasteiger partial charge in [0.1, 0.15) is 0 Å². The average Bonchev–Trinajstić information content (AvgIpc) is 3.32. The van der Waals surface area contributed by atoms with Crippen molar-refractivity contribution in [1.29, 1.82) is 0 Å². The largest absolute Gasteiger partial charge is 0.459 e. The van der Waals surface area contributed by atoms with Crippen LogP contribution in [0.15, 0.2) is 47.1 Å². The highest BCUT2D eigenvalue weighted by Crippen LogP contribution is 2.18. The fourth-order valence-electron chi connectivity index (χ4n) is 3.09. The normalized spacial score (nSPS) is 16.6. The zero-order valence-electron chi connectivity index (χ0n) is 14.3. The van der Waals surface area contributed by atoms with E-state index in [-0.39, 0.29) is 23.6 Å². The van der Waals surface area contributed by atoms with E-state index in [9.17, 15) is 9.59 Å². The Morgan fingerprint density at radius 3 is 2.88 bits per heavy atom. The molecule has 0 radical (unpaired) electrons. The second-order valence-electron chi connectivity index (χ2n) is 6.16. The first-order chi connectivity index (χ1) is 12.2. The first-order valence-corrected chi connectivity index (χ1v) is 8.65. The SMILES string of the molecule is CCCN(C(=O)c1cccc(NC(=O)c2ccco2)c1)C1CCNC1. The van der Waals surface area contributed by atoms with Gasteiger partial charge < -0.3 is 20.0 Å². The molecular weight excluding hydrogens is 318 g/mol. The molecule has 1 aromatic carbocycles. The van der Waals surface area contributed by atoms with Gasteiger partial charge in [0.2, 0.25) is 0 Å². The molecule has 0 saturated carbocycles. The van der Waals surface area contributed by atoms with Gasteiger partial charge in [-0.3, -0.25) is 9.59 Å². The van der Waals surface area contributed by atoms with Crippen LogP contribution >= 0.6 is 0 Å². The highest BCUT2D eigenvalue weighted by molar-refractivity contribution is 6.03. The van der Waals surface area contributed by atoms with Gasteiger partial charge in [0.15, 0.2) is 5.76 Å². The maximum absolute atomic E-state index is 13.0. The third-order valence-corrected chi connectivity index (χ3v) is 4.31. The van der Waals surface area contributed by atoms with Gasteiger partial charge in [-0.25, -0.2) is 0 Å². The Hall–Kier alpha value is -2.60. The number of anilines is 1. The standard InChI is InChI=1S/C19H23N3O3/c1-2-10-22(16-8-9-20-13-16)19(24)14-5-3-6-15(12-14)21-18(23)17-7-4-11-25-17/h3-7,11-12,16,20H,2,8-10,13H2,1H3,(H,21,23). The number of benzene rings is 1. The van der Waals surface area contributed by atoms with Crippen molar-refractivity contribution in [3.8, 4) is 0 Å². The van der Waals surface area contributed by atoms with Crippen molar-refractivity contribution in [3.63, 3.8) is 0 Å². The molecule has 1 aliphatic rings. The van der Waals surface area contributed by atoms with Crippen LogP contribution in [-0.2, 0) is 0 Å². The van der Waals surface area contributed by atoms with Gasteiger partial charge in [0, 0.05) is 30.4 Å². The van der Waals surface area contributed by atoms with E-state index in [0.717, 1.165) is 32.5 Å². The Bertz CT molecular complexity index is 721. The van der Waals surface area contributed by atoms with Gasteiger partial charge in [-0.1, -0.05) is 13.0 Å². The predicted octanol–water partition coefficient (Wildman–Crippen LogP) is 2.75. The average molecular weight is 341 g/mol. The summed E-state index contributed by atoms with van der Waals surface area (Å²) in [7, 11) is 0. The van der Waals surface area contributed by atoms with Crippen molar-refractivity contribution in [2.45, 2.75) is 25.8 Å². The van der Waals surface area contributed by atoms with Crippen molar-refractivity contribution in [2.24, 2.45) is 0 Å². The zero-order valence-corrected chi connectivity index (χ0v) is 14.3. The molecule has 0 bridgehead atoms. The number of rotatable bonds is 6. The molecule has 132 valence electrons. The summed E-state index contributed by atoms with van der Waals surface area (Å²) < 4.78 is 5.09. The van der Waals surface area contributed by atoms with E-state index in [0.29, 0.717) is 11.3 Å². The lowest BCUT2D eigenvalue weighted by atomic mass is 10.1. The summed E-state index contributed by atoms with van der Waals surface area (Å²) in [5.41, 5.74) is 1.16. The van der Waals surface area contributed by atoms with Crippen LogP contribution in [0.2, 0.25) is 0 Å². The molecule has 1 unspecified atom stereocenters. The molecule has 1 aromatic heterocycles. The smallest absolute Gasteiger partial charge is 0.291 e. The van der Waals surface area contributed by atoms with Crippen LogP contribution in [0.5, 0.6) is 0 Å². The summed E-state index contributed by atoms with van der Waals surface area (Å²) in [6, 6.07) is 10.5. The third-order valence-electron chi connectivity index (χ3n) is 4.31.